The van der Waals surface area contributed by atoms with E-state index in [9.17, 15) is 4.79 Å². The summed E-state index contributed by atoms with van der Waals surface area (Å²) in [6, 6.07) is 16.3. The lowest BCUT2D eigenvalue weighted by Gasteiger charge is -2.05. The summed E-state index contributed by atoms with van der Waals surface area (Å²) in [4.78, 5) is 15.1. The molecule has 3 aromatic rings. The van der Waals surface area contributed by atoms with Crippen molar-refractivity contribution in [3.63, 3.8) is 0 Å². The molecule has 0 atom stereocenters. The Morgan fingerprint density at radius 3 is 2.87 bits per heavy atom. The Kier molecular flexibility index (Phi) is 4.77. The van der Waals surface area contributed by atoms with Crippen molar-refractivity contribution < 1.29 is 9.53 Å². The molecule has 1 heterocycles. The molecule has 0 aliphatic carbocycles. The van der Waals surface area contributed by atoms with E-state index in [0.29, 0.717) is 13.0 Å². The zero-order valence-corrected chi connectivity index (χ0v) is 13.3. The van der Waals surface area contributed by atoms with E-state index in [1.54, 1.807) is 0 Å². The molecule has 0 fully saturated rings. The Morgan fingerprint density at radius 1 is 1.13 bits per heavy atom. The van der Waals surface area contributed by atoms with Crippen LogP contribution in [0.5, 0.6) is 0 Å². The number of hydrogen-bond acceptors (Lipinski definition) is 2. The van der Waals surface area contributed by atoms with Crippen molar-refractivity contribution in [2.45, 2.75) is 32.8 Å². The van der Waals surface area contributed by atoms with Gasteiger partial charge in [0.25, 0.3) is 0 Å². The zero-order valence-electron chi connectivity index (χ0n) is 13.3. The van der Waals surface area contributed by atoms with Crippen molar-refractivity contribution in [1.82, 2.24) is 4.98 Å². The maximum Gasteiger partial charge on any atom is 0.306 e. The second kappa shape index (κ2) is 7.14. The number of rotatable bonds is 6. The Labute approximate surface area is 136 Å². The minimum atomic E-state index is -0.133. The molecule has 118 valence electrons. The van der Waals surface area contributed by atoms with Gasteiger partial charge in [0.15, 0.2) is 0 Å². The van der Waals surface area contributed by atoms with Gasteiger partial charge in [-0.1, -0.05) is 48.0 Å². The van der Waals surface area contributed by atoms with Gasteiger partial charge in [-0.15, -0.1) is 0 Å². The first-order chi connectivity index (χ1) is 11.2. The number of nitrogens with one attached hydrogen (secondary N) is 1. The third-order valence-electron chi connectivity index (χ3n) is 3.98. The van der Waals surface area contributed by atoms with Gasteiger partial charge in [0.1, 0.15) is 6.61 Å². The number of aromatic nitrogens is 1. The number of hydrogen-bond donors (Lipinski definition) is 1. The van der Waals surface area contributed by atoms with Gasteiger partial charge in [-0.05, 0) is 37.0 Å². The van der Waals surface area contributed by atoms with Crippen LogP contribution in [0.2, 0.25) is 0 Å². The summed E-state index contributed by atoms with van der Waals surface area (Å²) in [6.07, 6.45) is 4.16. The van der Waals surface area contributed by atoms with Crippen LogP contribution >= 0.6 is 0 Å². The summed E-state index contributed by atoms with van der Waals surface area (Å²) in [6.45, 7) is 2.39. The average Bonchev–Trinajstić information content (AvgIpc) is 2.97. The van der Waals surface area contributed by atoms with Crippen LogP contribution in [-0.2, 0) is 22.6 Å². The Morgan fingerprint density at radius 2 is 2.00 bits per heavy atom. The minimum Gasteiger partial charge on any atom is -0.461 e. The normalized spacial score (nSPS) is 10.8. The number of H-pyrrole nitrogens is 1. The smallest absolute Gasteiger partial charge is 0.306 e. The molecule has 0 bridgehead atoms. The molecule has 23 heavy (non-hydrogen) atoms. The van der Waals surface area contributed by atoms with E-state index < -0.39 is 0 Å². The molecular weight excluding hydrogens is 286 g/mol. The van der Waals surface area contributed by atoms with Crippen molar-refractivity contribution in [2.75, 3.05) is 0 Å². The molecule has 1 aromatic heterocycles. The molecule has 2 aromatic carbocycles. The predicted octanol–water partition coefficient (Wildman–Crippen LogP) is 4.54. The van der Waals surface area contributed by atoms with Gasteiger partial charge in [0.2, 0.25) is 0 Å². The summed E-state index contributed by atoms with van der Waals surface area (Å²) in [5, 5.41) is 1.24. The third-order valence-corrected chi connectivity index (χ3v) is 3.98. The lowest BCUT2D eigenvalue weighted by molar-refractivity contribution is -0.145. The SMILES string of the molecule is Cc1cccc(COC(=O)CCCc2c[nH]c3ccccc23)c1. The number of benzene rings is 2. The van der Waals surface area contributed by atoms with Crippen LogP contribution in [0.15, 0.2) is 54.7 Å². The van der Waals surface area contributed by atoms with Crippen molar-refractivity contribution >= 4 is 16.9 Å². The molecule has 0 aliphatic heterocycles. The number of ether oxygens (including phenoxy) is 1. The lowest BCUT2D eigenvalue weighted by atomic mass is 10.1. The van der Waals surface area contributed by atoms with Gasteiger partial charge >= 0.3 is 5.97 Å². The number of carbonyl (C=O) groups is 1. The van der Waals surface area contributed by atoms with Crippen LogP contribution in [-0.4, -0.2) is 11.0 Å². The number of carbonyl (C=O) groups excluding carboxylic acids is 1. The summed E-state index contributed by atoms with van der Waals surface area (Å²) in [5.41, 5.74) is 4.62. The van der Waals surface area contributed by atoms with Gasteiger partial charge < -0.3 is 9.72 Å². The Hall–Kier alpha value is -2.55. The number of fused-ring (bicyclic) bond motifs is 1. The van der Waals surface area contributed by atoms with Crippen molar-refractivity contribution in [3.05, 3.63) is 71.4 Å². The number of aromatic amines is 1. The molecule has 0 amide bonds. The van der Waals surface area contributed by atoms with Crippen LogP contribution in [0.1, 0.15) is 29.5 Å². The maximum atomic E-state index is 11.9. The number of aryl methyl sites for hydroxylation is 2. The number of esters is 1. The van der Waals surface area contributed by atoms with Gasteiger partial charge in [-0.25, -0.2) is 0 Å². The van der Waals surface area contributed by atoms with Gasteiger partial charge in [0, 0.05) is 23.5 Å². The minimum absolute atomic E-state index is 0.133. The lowest BCUT2D eigenvalue weighted by Crippen LogP contribution is -2.05. The van der Waals surface area contributed by atoms with E-state index >= 15 is 0 Å². The highest BCUT2D eigenvalue weighted by Gasteiger charge is 2.06. The highest BCUT2D eigenvalue weighted by molar-refractivity contribution is 5.83. The second-order valence-corrected chi connectivity index (χ2v) is 5.86. The van der Waals surface area contributed by atoms with Crippen LogP contribution in [0.25, 0.3) is 10.9 Å². The quantitative estimate of drug-likeness (QED) is 0.679. The summed E-state index contributed by atoms with van der Waals surface area (Å²) in [5.74, 6) is -0.133. The third kappa shape index (κ3) is 4.01. The summed E-state index contributed by atoms with van der Waals surface area (Å²) in [7, 11) is 0. The van der Waals surface area contributed by atoms with E-state index in [4.69, 9.17) is 4.74 Å². The van der Waals surface area contributed by atoms with Gasteiger partial charge in [-0.3, -0.25) is 4.79 Å². The molecule has 1 N–H and O–H groups in total. The highest BCUT2D eigenvalue weighted by Crippen LogP contribution is 2.19. The van der Waals surface area contributed by atoms with E-state index in [0.717, 1.165) is 23.9 Å². The summed E-state index contributed by atoms with van der Waals surface area (Å²) >= 11 is 0. The molecule has 0 saturated carbocycles. The topological polar surface area (TPSA) is 42.1 Å². The molecule has 3 rings (SSSR count). The fourth-order valence-corrected chi connectivity index (χ4v) is 2.80. The van der Waals surface area contributed by atoms with Crippen LogP contribution in [0.4, 0.5) is 0 Å². The average molecular weight is 307 g/mol. The molecule has 0 spiro atoms. The monoisotopic (exact) mass is 307 g/mol. The first-order valence-electron chi connectivity index (χ1n) is 7.98. The standard InChI is InChI=1S/C20H21NO2/c1-15-6-4-7-16(12-15)14-23-20(22)11-5-8-17-13-21-19-10-3-2-9-18(17)19/h2-4,6-7,9-10,12-13,21H,5,8,11,14H2,1H3. The first kappa shape index (κ1) is 15.3. The number of para-hydroxylation sites is 1. The van der Waals surface area contributed by atoms with Crippen LogP contribution in [0, 0.1) is 6.92 Å². The van der Waals surface area contributed by atoms with Crippen molar-refractivity contribution in [1.29, 1.82) is 0 Å². The zero-order chi connectivity index (χ0) is 16.1. The van der Waals surface area contributed by atoms with Crippen LogP contribution in [0.3, 0.4) is 0 Å². The van der Waals surface area contributed by atoms with E-state index in [2.05, 4.69) is 17.1 Å². The predicted molar refractivity (Wildman–Crippen MR) is 92.2 cm³/mol. The fourth-order valence-electron chi connectivity index (χ4n) is 2.80. The fraction of sp³-hybridized carbons (Fsp3) is 0.250. The van der Waals surface area contributed by atoms with Gasteiger partial charge in [-0.2, -0.15) is 0 Å². The molecule has 0 unspecified atom stereocenters. The molecule has 0 saturated heterocycles. The van der Waals surface area contributed by atoms with E-state index in [1.165, 1.54) is 16.5 Å². The first-order valence-corrected chi connectivity index (χ1v) is 7.98. The molecule has 0 radical (unpaired) electrons. The molecular formula is C20H21NO2. The molecule has 3 nitrogen and oxygen atoms in total. The summed E-state index contributed by atoms with van der Waals surface area (Å²) < 4.78 is 5.34. The largest absolute Gasteiger partial charge is 0.461 e. The van der Waals surface area contributed by atoms with E-state index in [1.807, 2.05) is 49.5 Å². The molecule has 0 aliphatic rings. The van der Waals surface area contributed by atoms with Crippen molar-refractivity contribution in [2.24, 2.45) is 0 Å². The second-order valence-electron chi connectivity index (χ2n) is 5.86. The Balaban J connectivity index is 1.46. The van der Waals surface area contributed by atoms with Crippen molar-refractivity contribution in [3.8, 4) is 0 Å². The Bertz CT molecular complexity index is 804. The maximum absolute atomic E-state index is 11.9. The van der Waals surface area contributed by atoms with Gasteiger partial charge in [0.05, 0.1) is 0 Å². The van der Waals surface area contributed by atoms with E-state index in [-0.39, 0.29) is 5.97 Å². The molecule has 3 heteroatoms. The highest BCUT2D eigenvalue weighted by atomic mass is 16.5. The van der Waals surface area contributed by atoms with Crippen LogP contribution < -0.4 is 0 Å².